The van der Waals surface area contributed by atoms with Crippen molar-refractivity contribution in [2.24, 2.45) is 0 Å². The van der Waals surface area contributed by atoms with Crippen LogP contribution in [0.3, 0.4) is 0 Å². The minimum absolute atomic E-state index is 0.0260. The molecular formula is C7H3N7O2. The second kappa shape index (κ2) is 3.70. The molecule has 0 spiro atoms. The van der Waals surface area contributed by atoms with Crippen molar-refractivity contribution in [3.63, 3.8) is 0 Å². The maximum absolute atomic E-state index is 10.3. The van der Waals surface area contributed by atoms with Gasteiger partial charge >= 0.3 is 5.69 Å². The molecule has 2 aromatic rings. The Morgan fingerprint density at radius 2 is 2.06 bits per heavy atom. The van der Waals surface area contributed by atoms with Crippen LogP contribution in [0.15, 0.2) is 18.7 Å². The highest BCUT2D eigenvalue weighted by atomic mass is 16.6. The summed E-state index contributed by atoms with van der Waals surface area (Å²) >= 11 is 0. The van der Waals surface area contributed by atoms with Gasteiger partial charge in [-0.1, -0.05) is 0 Å². The smallest absolute Gasteiger partial charge is 0.258 e. The van der Waals surface area contributed by atoms with E-state index in [4.69, 9.17) is 5.26 Å². The van der Waals surface area contributed by atoms with E-state index in [1.165, 1.54) is 6.33 Å². The van der Waals surface area contributed by atoms with Crippen LogP contribution in [0, 0.1) is 21.4 Å². The Kier molecular flexibility index (Phi) is 2.23. The van der Waals surface area contributed by atoms with E-state index < -0.39 is 4.92 Å². The second-order valence-electron chi connectivity index (χ2n) is 2.62. The number of rotatable bonds is 2. The second-order valence-corrected chi connectivity index (χ2v) is 2.62. The fourth-order valence-electron chi connectivity index (χ4n) is 0.938. The molecule has 0 radical (unpaired) electrons. The molecule has 78 valence electrons. The molecule has 9 heteroatoms. The molecule has 16 heavy (non-hydrogen) atoms. The summed E-state index contributed by atoms with van der Waals surface area (Å²) in [7, 11) is 0. The largest absolute Gasteiger partial charge is 0.305 e. The molecule has 0 aromatic carbocycles. The van der Waals surface area contributed by atoms with E-state index in [1.54, 1.807) is 6.07 Å². The summed E-state index contributed by atoms with van der Waals surface area (Å²) in [4.78, 5) is 20.8. The number of hydrogen-bond acceptors (Lipinski definition) is 7. The van der Waals surface area contributed by atoms with Crippen LogP contribution in [0.5, 0.6) is 0 Å². The van der Waals surface area contributed by atoms with Gasteiger partial charge < -0.3 is 0 Å². The van der Waals surface area contributed by atoms with Crippen molar-refractivity contribution < 1.29 is 4.92 Å². The molecule has 2 rings (SSSR count). The van der Waals surface area contributed by atoms with Gasteiger partial charge in [0.25, 0.3) is 11.8 Å². The fourth-order valence-corrected chi connectivity index (χ4v) is 0.938. The first kappa shape index (κ1) is 9.66. The summed E-state index contributed by atoms with van der Waals surface area (Å²) in [5.41, 5.74) is -0.218. The number of aromatic nitrogens is 5. The van der Waals surface area contributed by atoms with Gasteiger partial charge in [-0.25, -0.2) is 15.0 Å². The van der Waals surface area contributed by atoms with Gasteiger partial charge in [-0.15, -0.1) is 5.10 Å². The van der Waals surface area contributed by atoms with Gasteiger partial charge in [0.1, 0.15) is 24.8 Å². The third-order valence-electron chi connectivity index (χ3n) is 1.63. The van der Waals surface area contributed by atoms with Crippen LogP contribution in [0.25, 0.3) is 5.95 Å². The molecule has 0 unspecified atom stereocenters. The standard InChI is InChI=1S/C7H3N7O2/c8-1-6-11-4-13(12-6)7-9-2-5(3-10-7)14(15)16/h2-4H. The molecular weight excluding hydrogens is 214 g/mol. The lowest BCUT2D eigenvalue weighted by Gasteiger charge is -1.95. The average Bonchev–Trinajstić information content (AvgIpc) is 2.77. The highest BCUT2D eigenvalue weighted by Gasteiger charge is 2.09. The molecule has 2 aromatic heterocycles. The van der Waals surface area contributed by atoms with Crippen molar-refractivity contribution in [1.29, 1.82) is 5.26 Å². The topological polar surface area (TPSA) is 123 Å². The van der Waals surface area contributed by atoms with Crippen LogP contribution >= 0.6 is 0 Å². The maximum atomic E-state index is 10.3. The fraction of sp³-hybridized carbons (Fsp3) is 0. The van der Waals surface area contributed by atoms with Crippen LogP contribution in [0.1, 0.15) is 5.82 Å². The summed E-state index contributed by atoms with van der Waals surface area (Å²) in [6.45, 7) is 0. The van der Waals surface area contributed by atoms with Gasteiger partial charge in [0, 0.05) is 0 Å². The average molecular weight is 217 g/mol. The van der Waals surface area contributed by atoms with Crippen LogP contribution in [-0.2, 0) is 0 Å². The molecule has 0 atom stereocenters. The van der Waals surface area contributed by atoms with Crippen molar-refractivity contribution in [2.45, 2.75) is 0 Å². The van der Waals surface area contributed by atoms with Crippen molar-refractivity contribution in [3.05, 3.63) is 34.7 Å². The minimum atomic E-state index is -0.605. The van der Waals surface area contributed by atoms with Gasteiger partial charge in [0.05, 0.1) is 4.92 Å². The zero-order valence-corrected chi connectivity index (χ0v) is 7.68. The Balaban J connectivity index is 2.35. The summed E-state index contributed by atoms with van der Waals surface area (Å²) < 4.78 is 1.16. The van der Waals surface area contributed by atoms with E-state index in [9.17, 15) is 10.1 Å². The van der Waals surface area contributed by atoms with Gasteiger partial charge in [0.15, 0.2) is 0 Å². The molecule has 0 saturated heterocycles. The van der Waals surface area contributed by atoms with Crippen molar-refractivity contribution in [1.82, 2.24) is 24.7 Å². The highest BCUT2D eigenvalue weighted by molar-refractivity contribution is 5.24. The van der Waals surface area contributed by atoms with Crippen LogP contribution in [0.4, 0.5) is 5.69 Å². The number of nitrogens with zero attached hydrogens (tertiary/aromatic N) is 7. The molecule has 0 fully saturated rings. The first-order valence-electron chi connectivity index (χ1n) is 3.99. The molecule has 0 bridgehead atoms. The van der Waals surface area contributed by atoms with Crippen LogP contribution in [-0.4, -0.2) is 29.7 Å². The molecule has 0 amide bonds. The predicted molar refractivity (Wildman–Crippen MR) is 48.3 cm³/mol. The van der Waals surface area contributed by atoms with Gasteiger partial charge in [-0.05, 0) is 0 Å². The molecule has 0 aliphatic rings. The van der Waals surface area contributed by atoms with Gasteiger partial charge in [0.2, 0.25) is 0 Å². The SMILES string of the molecule is N#Cc1ncn(-c2ncc([N+](=O)[O-])cn2)n1. The monoisotopic (exact) mass is 217 g/mol. The third kappa shape index (κ3) is 1.67. The Morgan fingerprint density at radius 1 is 1.38 bits per heavy atom. The summed E-state index contributed by atoms with van der Waals surface area (Å²) in [5, 5.41) is 22.6. The zero-order valence-electron chi connectivity index (χ0n) is 7.68. The Labute approximate surface area is 88.2 Å². The summed E-state index contributed by atoms with van der Waals surface area (Å²) in [6, 6.07) is 1.74. The van der Waals surface area contributed by atoms with Crippen LogP contribution < -0.4 is 0 Å². The molecule has 0 saturated carbocycles. The summed E-state index contributed by atoms with van der Waals surface area (Å²) in [6.07, 6.45) is 3.35. The molecule has 0 aliphatic carbocycles. The lowest BCUT2D eigenvalue weighted by atomic mass is 10.6. The Morgan fingerprint density at radius 3 is 2.56 bits per heavy atom. The zero-order chi connectivity index (χ0) is 11.5. The number of nitro groups is 1. The van der Waals surface area contributed by atoms with E-state index in [-0.39, 0.29) is 17.5 Å². The number of nitriles is 1. The minimum Gasteiger partial charge on any atom is -0.258 e. The van der Waals surface area contributed by atoms with E-state index >= 15 is 0 Å². The Hall–Kier alpha value is -2.89. The van der Waals surface area contributed by atoms with E-state index in [1.807, 2.05) is 0 Å². The molecule has 9 nitrogen and oxygen atoms in total. The first-order valence-corrected chi connectivity index (χ1v) is 3.99. The predicted octanol–water partition coefficient (Wildman–Crippen LogP) is -0.163. The van der Waals surface area contributed by atoms with E-state index in [0.29, 0.717) is 0 Å². The molecule has 2 heterocycles. The molecule has 0 N–H and O–H groups in total. The van der Waals surface area contributed by atoms with E-state index in [2.05, 4.69) is 20.1 Å². The van der Waals surface area contributed by atoms with E-state index in [0.717, 1.165) is 17.1 Å². The van der Waals surface area contributed by atoms with Gasteiger partial charge in [-0.3, -0.25) is 10.1 Å². The van der Waals surface area contributed by atoms with Crippen molar-refractivity contribution in [2.75, 3.05) is 0 Å². The first-order chi connectivity index (χ1) is 7.70. The number of hydrogen-bond donors (Lipinski definition) is 0. The van der Waals surface area contributed by atoms with Gasteiger partial charge in [-0.2, -0.15) is 9.94 Å². The third-order valence-corrected chi connectivity index (χ3v) is 1.63. The van der Waals surface area contributed by atoms with Crippen molar-refractivity contribution >= 4 is 5.69 Å². The quantitative estimate of drug-likeness (QED) is 0.505. The Bertz CT molecular complexity index is 567. The lowest BCUT2D eigenvalue weighted by molar-refractivity contribution is -0.385. The summed E-state index contributed by atoms with van der Waals surface area (Å²) in [5.74, 6) is 0.0848. The lowest BCUT2D eigenvalue weighted by Crippen LogP contribution is -2.02. The van der Waals surface area contributed by atoms with Crippen LogP contribution in [0.2, 0.25) is 0 Å². The normalized spacial score (nSPS) is 9.69. The molecule has 0 aliphatic heterocycles. The maximum Gasteiger partial charge on any atom is 0.305 e. The highest BCUT2D eigenvalue weighted by Crippen LogP contribution is 2.07. The van der Waals surface area contributed by atoms with Crippen molar-refractivity contribution in [3.8, 4) is 12.0 Å².